The molecular formula is C19H17IN2O4S. The van der Waals surface area contributed by atoms with Gasteiger partial charge >= 0.3 is 0 Å². The Morgan fingerprint density at radius 3 is 2.33 bits per heavy atom. The zero-order valence-corrected chi connectivity index (χ0v) is 17.3. The van der Waals surface area contributed by atoms with Crippen molar-refractivity contribution in [2.45, 2.75) is 9.92 Å². The number of oxazole rings is 1. The van der Waals surface area contributed by atoms with E-state index < -0.39 is 9.84 Å². The summed E-state index contributed by atoms with van der Waals surface area (Å²) in [6.07, 6.45) is 0. The van der Waals surface area contributed by atoms with E-state index in [0.29, 0.717) is 32.2 Å². The minimum absolute atomic E-state index is 0.0507. The lowest BCUT2D eigenvalue weighted by Gasteiger charge is -2.26. The number of anilines is 1. The van der Waals surface area contributed by atoms with Crippen LogP contribution in [0.2, 0.25) is 0 Å². The summed E-state index contributed by atoms with van der Waals surface area (Å²) in [4.78, 5) is 6.50. The molecule has 0 saturated carbocycles. The van der Waals surface area contributed by atoms with Gasteiger partial charge in [-0.15, -0.1) is 0 Å². The van der Waals surface area contributed by atoms with E-state index in [-0.39, 0.29) is 15.8 Å². The molecule has 1 saturated heterocycles. The van der Waals surface area contributed by atoms with Crippen molar-refractivity contribution >= 4 is 38.3 Å². The first-order valence-corrected chi connectivity index (χ1v) is 11.0. The molecule has 0 bridgehead atoms. The fourth-order valence-electron chi connectivity index (χ4n) is 2.90. The Hall–Kier alpha value is -1.91. The van der Waals surface area contributed by atoms with Gasteiger partial charge in [0.05, 0.1) is 23.7 Å². The number of benzene rings is 2. The first kappa shape index (κ1) is 18.5. The first-order valence-electron chi connectivity index (χ1n) is 8.46. The minimum atomic E-state index is -3.81. The summed E-state index contributed by atoms with van der Waals surface area (Å²) < 4.78 is 38.8. The highest BCUT2D eigenvalue weighted by molar-refractivity contribution is 14.1. The summed E-state index contributed by atoms with van der Waals surface area (Å²) in [7, 11) is -3.81. The van der Waals surface area contributed by atoms with Crippen molar-refractivity contribution in [1.82, 2.24) is 4.98 Å². The number of halogens is 1. The van der Waals surface area contributed by atoms with Crippen LogP contribution in [-0.2, 0) is 14.6 Å². The van der Waals surface area contributed by atoms with Crippen LogP contribution >= 0.6 is 22.6 Å². The van der Waals surface area contributed by atoms with Crippen molar-refractivity contribution in [3.05, 3.63) is 58.2 Å². The molecule has 0 unspecified atom stereocenters. The van der Waals surface area contributed by atoms with Gasteiger partial charge < -0.3 is 14.1 Å². The third kappa shape index (κ3) is 3.61. The van der Waals surface area contributed by atoms with Crippen LogP contribution in [0, 0.1) is 3.57 Å². The van der Waals surface area contributed by atoms with Crippen molar-refractivity contribution in [2.75, 3.05) is 31.2 Å². The molecule has 1 aliphatic heterocycles. The smallest absolute Gasteiger partial charge is 0.236 e. The fourth-order valence-corrected chi connectivity index (χ4v) is 4.86. The van der Waals surface area contributed by atoms with Crippen molar-refractivity contribution in [2.24, 2.45) is 0 Å². The maximum atomic E-state index is 13.2. The number of aromatic nitrogens is 1. The Balaban J connectivity index is 1.88. The highest BCUT2D eigenvalue weighted by Gasteiger charge is 2.32. The van der Waals surface area contributed by atoms with Crippen molar-refractivity contribution in [3.8, 4) is 11.5 Å². The van der Waals surface area contributed by atoms with E-state index in [0.717, 1.165) is 9.13 Å². The molecule has 27 heavy (non-hydrogen) atoms. The Kier molecular flexibility index (Phi) is 5.20. The monoisotopic (exact) mass is 496 g/mol. The molecule has 8 heteroatoms. The molecule has 4 rings (SSSR count). The van der Waals surface area contributed by atoms with Crippen LogP contribution in [0.5, 0.6) is 0 Å². The molecule has 0 amide bonds. The molecule has 3 aromatic rings. The van der Waals surface area contributed by atoms with E-state index in [2.05, 4.69) is 27.6 Å². The zero-order chi connectivity index (χ0) is 18.9. The molecule has 0 radical (unpaired) electrons. The molecular weight excluding hydrogens is 479 g/mol. The molecule has 0 N–H and O–H groups in total. The summed E-state index contributed by atoms with van der Waals surface area (Å²) in [6.45, 7) is 2.14. The van der Waals surface area contributed by atoms with Crippen LogP contribution in [0.15, 0.2) is 68.9 Å². The van der Waals surface area contributed by atoms with Gasteiger partial charge in [0.2, 0.25) is 26.6 Å². The van der Waals surface area contributed by atoms with E-state index in [1.54, 1.807) is 30.3 Å². The normalized spacial score (nSPS) is 15.1. The molecule has 1 fully saturated rings. The van der Waals surface area contributed by atoms with Crippen molar-refractivity contribution < 1.29 is 17.6 Å². The maximum Gasteiger partial charge on any atom is 0.236 e. The highest BCUT2D eigenvalue weighted by atomic mass is 127. The van der Waals surface area contributed by atoms with E-state index in [1.807, 2.05) is 29.2 Å². The van der Waals surface area contributed by atoms with E-state index >= 15 is 0 Å². The largest absolute Gasteiger partial charge is 0.419 e. The Morgan fingerprint density at radius 2 is 1.63 bits per heavy atom. The van der Waals surface area contributed by atoms with Crippen LogP contribution < -0.4 is 4.90 Å². The van der Waals surface area contributed by atoms with Gasteiger partial charge in [0.1, 0.15) is 0 Å². The Labute approximate surface area is 171 Å². The van der Waals surface area contributed by atoms with Gasteiger partial charge in [0.25, 0.3) is 0 Å². The van der Waals surface area contributed by atoms with Gasteiger partial charge in [-0.25, -0.2) is 8.42 Å². The molecule has 0 spiro atoms. The summed E-state index contributed by atoms with van der Waals surface area (Å²) in [5.74, 6) is 0.577. The summed E-state index contributed by atoms with van der Waals surface area (Å²) in [6, 6.07) is 15.9. The quantitative estimate of drug-likeness (QED) is 0.514. The maximum absolute atomic E-state index is 13.2. The van der Waals surface area contributed by atoms with Crippen LogP contribution in [-0.4, -0.2) is 39.7 Å². The molecule has 6 nitrogen and oxygen atoms in total. The molecule has 2 heterocycles. The Bertz CT molecular complexity index is 1040. The van der Waals surface area contributed by atoms with Crippen LogP contribution in [0.1, 0.15) is 0 Å². The van der Waals surface area contributed by atoms with E-state index in [9.17, 15) is 8.42 Å². The summed E-state index contributed by atoms with van der Waals surface area (Å²) in [5.41, 5.74) is 0.766. The highest BCUT2D eigenvalue weighted by Crippen LogP contribution is 2.36. The lowest BCUT2D eigenvalue weighted by atomic mass is 10.2. The second-order valence-corrected chi connectivity index (χ2v) is 9.05. The lowest BCUT2D eigenvalue weighted by molar-refractivity contribution is 0.120. The number of rotatable bonds is 4. The van der Waals surface area contributed by atoms with Crippen LogP contribution in [0.4, 0.5) is 5.88 Å². The number of hydrogen-bond donors (Lipinski definition) is 0. The SMILES string of the molecule is O=S(=O)(c1ccccc1)c1nc(-c2ccccc2I)oc1N1CCOCC1. The Morgan fingerprint density at radius 1 is 0.963 bits per heavy atom. The third-order valence-corrected chi connectivity index (χ3v) is 6.90. The lowest BCUT2D eigenvalue weighted by Crippen LogP contribution is -2.36. The predicted octanol–water partition coefficient (Wildman–Crippen LogP) is 3.62. The summed E-state index contributed by atoms with van der Waals surface area (Å²) >= 11 is 2.19. The van der Waals surface area contributed by atoms with Gasteiger partial charge in [-0.05, 0) is 46.9 Å². The number of sulfone groups is 1. The minimum Gasteiger partial charge on any atom is -0.419 e. The number of hydrogen-bond acceptors (Lipinski definition) is 6. The predicted molar refractivity (Wildman–Crippen MR) is 110 cm³/mol. The van der Waals surface area contributed by atoms with Gasteiger partial charge in [-0.3, -0.25) is 0 Å². The first-order chi connectivity index (χ1) is 13.1. The van der Waals surface area contributed by atoms with Crippen LogP contribution in [0.25, 0.3) is 11.5 Å². The number of morpholine rings is 1. The molecule has 0 aliphatic carbocycles. The molecule has 1 aliphatic rings. The molecule has 0 atom stereocenters. The van der Waals surface area contributed by atoms with Crippen LogP contribution in [0.3, 0.4) is 0 Å². The fraction of sp³-hybridized carbons (Fsp3) is 0.211. The average molecular weight is 496 g/mol. The number of ether oxygens (including phenoxy) is 1. The molecule has 2 aromatic carbocycles. The average Bonchev–Trinajstić information content (AvgIpc) is 3.16. The van der Waals surface area contributed by atoms with Gasteiger partial charge in [0.15, 0.2) is 0 Å². The molecule has 1 aromatic heterocycles. The summed E-state index contributed by atoms with van der Waals surface area (Å²) in [5, 5.41) is -0.0507. The molecule has 140 valence electrons. The van der Waals surface area contributed by atoms with E-state index in [4.69, 9.17) is 9.15 Å². The van der Waals surface area contributed by atoms with Crippen molar-refractivity contribution in [1.29, 1.82) is 0 Å². The topological polar surface area (TPSA) is 72.6 Å². The zero-order valence-electron chi connectivity index (χ0n) is 14.3. The van der Waals surface area contributed by atoms with Gasteiger partial charge in [-0.1, -0.05) is 30.3 Å². The van der Waals surface area contributed by atoms with Gasteiger partial charge in [-0.2, -0.15) is 4.98 Å². The van der Waals surface area contributed by atoms with Gasteiger partial charge in [0, 0.05) is 16.7 Å². The van der Waals surface area contributed by atoms with Crippen molar-refractivity contribution in [3.63, 3.8) is 0 Å². The standard InChI is InChI=1S/C19H17IN2O4S/c20-16-9-5-4-8-15(16)17-21-18(19(26-17)22-10-12-25-13-11-22)27(23,24)14-6-2-1-3-7-14/h1-9H,10-13H2. The third-order valence-electron chi connectivity index (χ3n) is 4.29. The second-order valence-electron chi connectivity index (χ2n) is 6.03. The number of nitrogens with zero attached hydrogens (tertiary/aromatic N) is 2. The second kappa shape index (κ2) is 7.61. The van der Waals surface area contributed by atoms with E-state index in [1.165, 1.54) is 0 Å².